The number of hydrogen-bond donors (Lipinski definition) is 2. The van der Waals surface area contributed by atoms with Crippen molar-refractivity contribution < 1.29 is 23.8 Å². The molecule has 0 aromatic heterocycles. The van der Waals surface area contributed by atoms with Crippen molar-refractivity contribution in [1.82, 2.24) is 4.90 Å². The molecule has 0 radical (unpaired) electrons. The second-order valence-corrected chi connectivity index (χ2v) is 9.46. The molecule has 0 atom stereocenters. The standard InChI is InChI=1S/C29H31N3O5/c1-35-25-7-3-5-20(15-25)28(33)31-23-6-2-4-19(14-23)17-32(24-11-9-22(30)10-12-24)29(34)21-8-13-26-27(16-21)37-18-36-26/h2-8,13-16,22,24H,9-12,17-18,30H2,1H3,(H,31,33). The van der Waals surface area contributed by atoms with Gasteiger partial charge in [-0.25, -0.2) is 0 Å². The molecule has 2 aliphatic rings. The van der Waals surface area contributed by atoms with E-state index in [1.165, 1.54) is 0 Å². The molecule has 3 aromatic carbocycles. The maximum atomic E-state index is 13.8. The van der Waals surface area contributed by atoms with Crippen LogP contribution in [0, 0.1) is 0 Å². The summed E-state index contributed by atoms with van der Waals surface area (Å²) in [7, 11) is 1.57. The summed E-state index contributed by atoms with van der Waals surface area (Å²) in [4.78, 5) is 28.5. The largest absolute Gasteiger partial charge is 0.497 e. The van der Waals surface area contributed by atoms with Gasteiger partial charge in [-0.15, -0.1) is 0 Å². The lowest BCUT2D eigenvalue weighted by molar-refractivity contribution is 0.0606. The van der Waals surface area contributed by atoms with Crippen molar-refractivity contribution in [1.29, 1.82) is 0 Å². The van der Waals surface area contributed by atoms with Crippen LogP contribution in [0.1, 0.15) is 52.0 Å². The molecule has 0 spiro atoms. The number of carbonyl (C=O) groups excluding carboxylic acids is 2. The third-order valence-electron chi connectivity index (χ3n) is 6.93. The van der Waals surface area contributed by atoms with Gasteiger partial charge in [0, 0.05) is 35.4 Å². The Labute approximate surface area is 216 Å². The highest BCUT2D eigenvalue weighted by Crippen LogP contribution is 2.34. The fourth-order valence-electron chi connectivity index (χ4n) is 4.89. The zero-order chi connectivity index (χ0) is 25.8. The number of ether oxygens (including phenoxy) is 3. The Bertz CT molecular complexity index is 1290. The van der Waals surface area contributed by atoms with Crippen LogP contribution in [-0.2, 0) is 6.54 Å². The maximum Gasteiger partial charge on any atom is 0.255 e. The van der Waals surface area contributed by atoms with E-state index in [1.54, 1.807) is 49.6 Å². The molecule has 37 heavy (non-hydrogen) atoms. The first-order valence-electron chi connectivity index (χ1n) is 12.5. The molecule has 8 heteroatoms. The molecule has 192 valence electrons. The molecule has 3 N–H and O–H groups in total. The lowest BCUT2D eigenvalue weighted by Crippen LogP contribution is -2.43. The smallest absolute Gasteiger partial charge is 0.255 e. The number of methoxy groups -OCH3 is 1. The summed E-state index contributed by atoms with van der Waals surface area (Å²) in [5.74, 6) is 1.55. The predicted octanol–water partition coefficient (Wildman–Crippen LogP) is 4.59. The van der Waals surface area contributed by atoms with Crippen molar-refractivity contribution in [3.63, 3.8) is 0 Å². The number of hydrogen-bond acceptors (Lipinski definition) is 6. The monoisotopic (exact) mass is 501 g/mol. The number of nitrogens with two attached hydrogens (primary N) is 1. The minimum absolute atomic E-state index is 0.0652. The van der Waals surface area contributed by atoms with Crippen LogP contribution in [0.2, 0.25) is 0 Å². The average molecular weight is 502 g/mol. The molecule has 3 aromatic rings. The van der Waals surface area contributed by atoms with Gasteiger partial charge in [0.15, 0.2) is 11.5 Å². The summed E-state index contributed by atoms with van der Waals surface area (Å²) >= 11 is 0. The van der Waals surface area contributed by atoms with E-state index in [4.69, 9.17) is 19.9 Å². The number of nitrogens with one attached hydrogen (secondary N) is 1. The highest BCUT2D eigenvalue weighted by Gasteiger charge is 2.29. The summed E-state index contributed by atoms with van der Waals surface area (Å²) < 4.78 is 16.1. The molecule has 8 nitrogen and oxygen atoms in total. The van der Waals surface area contributed by atoms with Crippen LogP contribution >= 0.6 is 0 Å². The highest BCUT2D eigenvalue weighted by atomic mass is 16.7. The van der Waals surface area contributed by atoms with Crippen LogP contribution in [0.3, 0.4) is 0 Å². The SMILES string of the molecule is COc1cccc(C(=O)Nc2cccc(CN(C(=O)c3ccc4c(c3)OCO4)C3CCC(N)CC3)c2)c1. The second kappa shape index (κ2) is 10.9. The van der Waals surface area contributed by atoms with Crippen LogP contribution in [0.4, 0.5) is 5.69 Å². The molecule has 1 aliphatic heterocycles. The number of carbonyl (C=O) groups is 2. The predicted molar refractivity (Wildman–Crippen MR) is 140 cm³/mol. The van der Waals surface area contributed by atoms with E-state index in [2.05, 4.69) is 5.32 Å². The molecule has 1 aliphatic carbocycles. The maximum absolute atomic E-state index is 13.8. The van der Waals surface area contributed by atoms with Crippen molar-refractivity contribution in [3.8, 4) is 17.2 Å². The van der Waals surface area contributed by atoms with Crippen LogP contribution < -0.4 is 25.3 Å². The number of anilines is 1. The van der Waals surface area contributed by atoms with Crippen molar-refractivity contribution in [2.45, 2.75) is 44.3 Å². The minimum atomic E-state index is -0.231. The number of nitrogens with zero attached hydrogens (tertiary/aromatic N) is 1. The van der Waals surface area contributed by atoms with Gasteiger partial charge < -0.3 is 30.2 Å². The number of benzene rings is 3. The highest BCUT2D eigenvalue weighted by molar-refractivity contribution is 6.04. The molecule has 1 fully saturated rings. The van der Waals surface area contributed by atoms with Crippen LogP contribution in [0.15, 0.2) is 66.7 Å². The quantitative estimate of drug-likeness (QED) is 0.491. The zero-order valence-electron chi connectivity index (χ0n) is 20.8. The Hall–Kier alpha value is -4.04. The van der Waals surface area contributed by atoms with Gasteiger partial charge in [0.25, 0.3) is 11.8 Å². The Balaban J connectivity index is 1.36. The number of rotatable bonds is 7. The van der Waals surface area contributed by atoms with Crippen LogP contribution in [0.5, 0.6) is 17.2 Å². The van der Waals surface area contributed by atoms with E-state index in [1.807, 2.05) is 29.2 Å². The summed E-state index contributed by atoms with van der Waals surface area (Å²) in [6, 6.07) is 20.2. The Morgan fingerprint density at radius 3 is 2.54 bits per heavy atom. The summed E-state index contributed by atoms with van der Waals surface area (Å²) in [6.07, 6.45) is 3.46. The van der Waals surface area contributed by atoms with Gasteiger partial charge in [-0.2, -0.15) is 0 Å². The van der Waals surface area contributed by atoms with Crippen molar-refractivity contribution in [2.24, 2.45) is 5.73 Å². The molecule has 0 unspecified atom stereocenters. The Morgan fingerprint density at radius 1 is 0.946 bits per heavy atom. The topological polar surface area (TPSA) is 103 Å². The van der Waals surface area contributed by atoms with E-state index >= 15 is 0 Å². The van der Waals surface area contributed by atoms with Crippen LogP contribution in [-0.4, -0.2) is 42.7 Å². The lowest BCUT2D eigenvalue weighted by Gasteiger charge is -2.36. The van der Waals surface area contributed by atoms with Crippen molar-refractivity contribution in [2.75, 3.05) is 19.2 Å². The van der Waals surface area contributed by atoms with E-state index in [0.29, 0.717) is 40.6 Å². The van der Waals surface area contributed by atoms with E-state index < -0.39 is 0 Å². The van der Waals surface area contributed by atoms with Gasteiger partial charge in [-0.1, -0.05) is 18.2 Å². The van der Waals surface area contributed by atoms with Gasteiger partial charge in [0.05, 0.1) is 7.11 Å². The minimum Gasteiger partial charge on any atom is -0.497 e. The first-order valence-corrected chi connectivity index (χ1v) is 12.5. The molecule has 1 saturated carbocycles. The zero-order valence-corrected chi connectivity index (χ0v) is 20.8. The molecule has 2 amide bonds. The van der Waals surface area contributed by atoms with Gasteiger partial charge >= 0.3 is 0 Å². The molecule has 1 heterocycles. The Kier molecular flexibility index (Phi) is 7.28. The summed E-state index contributed by atoms with van der Waals surface area (Å²) in [5, 5.41) is 2.95. The summed E-state index contributed by atoms with van der Waals surface area (Å²) in [5.41, 5.74) is 8.79. The number of amides is 2. The van der Waals surface area contributed by atoms with Crippen molar-refractivity contribution >= 4 is 17.5 Å². The van der Waals surface area contributed by atoms with Gasteiger partial charge in [0.1, 0.15) is 5.75 Å². The normalized spacial score (nSPS) is 18.2. The summed E-state index contributed by atoms with van der Waals surface area (Å²) in [6.45, 7) is 0.571. The molecular weight excluding hydrogens is 470 g/mol. The Morgan fingerprint density at radius 2 is 1.73 bits per heavy atom. The fourth-order valence-corrected chi connectivity index (χ4v) is 4.89. The average Bonchev–Trinajstić information content (AvgIpc) is 3.40. The molecule has 5 rings (SSSR count). The second-order valence-electron chi connectivity index (χ2n) is 9.46. The molecule has 0 saturated heterocycles. The fraction of sp³-hybridized carbons (Fsp3) is 0.310. The van der Waals surface area contributed by atoms with E-state index in [9.17, 15) is 9.59 Å². The van der Waals surface area contributed by atoms with E-state index in [-0.39, 0.29) is 30.7 Å². The van der Waals surface area contributed by atoms with Crippen LogP contribution in [0.25, 0.3) is 0 Å². The van der Waals surface area contributed by atoms with Gasteiger partial charge in [0.2, 0.25) is 6.79 Å². The third-order valence-corrected chi connectivity index (χ3v) is 6.93. The first-order chi connectivity index (χ1) is 18.0. The number of fused-ring (bicyclic) bond motifs is 1. The molecule has 0 bridgehead atoms. The third kappa shape index (κ3) is 5.70. The van der Waals surface area contributed by atoms with Crippen molar-refractivity contribution in [3.05, 3.63) is 83.4 Å². The first kappa shape index (κ1) is 24.6. The molecular formula is C29H31N3O5. The lowest BCUT2D eigenvalue weighted by atomic mass is 9.90. The van der Waals surface area contributed by atoms with Gasteiger partial charge in [-0.05, 0) is 79.8 Å². The van der Waals surface area contributed by atoms with E-state index in [0.717, 1.165) is 31.2 Å². The van der Waals surface area contributed by atoms with Gasteiger partial charge in [-0.3, -0.25) is 9.59 Å².